The van der Waals surface area contributed by atoms with Gasteiger partial charge in [-0.1, -0.05) is 0 Å². The van der Waals surface area contributed by atoms with Crippen LogP contribution in [0.3, 0.4) is 0 Å². The largest absolute Gasteiger partial charge is 0.477 e. The molecule has 0 spiro atoms. The Morgan fingerprint density at radius 1 is 0.381 bits per heavy atom. The van der Waals surface area contributed by atoms with Gasteiger partial charge in [0.15, 0.2) is 44.0 Å². The van der Waals surface area contributed by atoms with Crippen molar-refractivity contribution in [3.63, 3.8) is 0 Å². The second kappa shape index (κ2) is 43.5. The number of carboxylic acid groups (broad SMARTS) is 1. The molecule has 0 bridgehead atoms. The van der Waals surface area contributed by atoms with E-state index in [4.69, 9.17) is 75.8 Å². The van der Waals surface area contributed by atoms with Gasteiger partial charge in [-0.05, 0) is 0 Å². The zero-order valence-electron chi connectivity index (χ0n) is 63.3. The van der Waals surface area contributed by atoms with Crippen LogP contribution in [0, 0.1) is 0 Å². The molecule has 8 heterocycles. The lowest BCUT2D eigenvalue weighted by Crippen LogP contribution is -2.71. The van der Waals surface area contributed by atoms with Crippen LogP contribution in [0.5, 0.6) is 0 Å². The molecule has 8 saturated heterocycles. The van der Waals surface area contributed by atoms with Gasteiger partial charge in [-0.15, -0.1) is 0 Å². The fraction of sp³-hybridized carbons (Fsp3) is 0.923. The summed E-state index contributed by atoms with van der Waals surface area (Å²) in [6.45, 7) is -7.93. The minimum Gasteiger partial charge on any atom is -0.477 e. The van der Waals surface area contributed by atoms with Gasteiger partial charge in [-0.2, -0.15) is 0 Å². The summed E-state index contributed by atoms with van der Waals surface area (Å²) in [4.78, 5) is 63.3. The van der Waals surface area contributed by atoms with Crippen molar-refractivity contribution in [3.05, 3.63) is 0 Å². The number of aliphatic hydroxyl groups is 27. The Balaban J connectivity index is 1.09. The standard InChI is InChI=1S/C65H110N4O49/c1-16(79)66-20(6-70)34(86)49(23(85)8-72)111-57-32(68-18(3)81)39(91)51(27(12-76)106-57)113-62-48(100)55(38(90)30(110-62)15-103-59-46(98)43(95)52(28(13-77)108-59)114-60-45(97)41(93)36(88)24(9-73)104-60)115-63-56(42(94)37(89)25(10-74)105-63)116-58-33(69-19(4)82)40(92)50(26(11-75)107-58)112-61-47(99)44(96)53(29(14-78)109-61)117-65(64(101)102)5-21(83)31(67-17(2)80)54(118-65)35(87)22(84)7-71/h20-63,70-78,83-100H,5-15H2,1-4H3,(H,66,79)(H,67,80)(H,68,81)(H,69,82)(H,101,102)/t20-,21-,22+,23+,24+,25+,26+,27+,28+,29+,30+,31+,32+,33+,34+,35+,36+,37+,38+,39+,40+,41-,42-,43+,44+,45-,46-,47+,48-,49+,50+,51+,52+,53-,54+,55-,56-,57-,58-,59-,60+,61-,62-,63+,65+/m0/s1. The zero-order chi connectivity index (χ0) is 87.7. The van der Waals surface area contributed by atoms with E-state index < -0.39 is 378 Å². The summed E-state index contributed by atoms with van der Waals surface area (Å²) in [5.74, 6) is -9.06. The van der Waals surface area contributed by atoms with Crippen LogP contribution in [-0.4, -0.2) is 514 Å². The Morgan fingerprint density at radius 2 is 0.771 bits per heavy atom. The van der Waals surface area contributed by atoms with Crippen molar-refractivity contribution in [2.75, 3.05) is 66.1 Å². The first-order valence-electron chi connectivity index (χ1n) is 37.2. The summed E-state index contributed by atoms with van der Waals surface area (Å²) in [6, 6.07) is -7.44. The fourth-order valence-corrected chi connectivity index (χ4v) is 14.8. The quantitative estimate of drug-likeness (QED) is 0.0277. The minimum atomic E-state index is -3.23. The summed E-state index contributed by atoms with van der Waals surface area (Å²) >= 11 is 0. The first-order chi connectivity index (χ1) is 55.6. The van der Waals surface area contributed by atoms with Gasteiger partial charge in [0.2, 0.25) is 23.6 Å². The van der Waals surface area contributed by atoms with Crippen LogP contribution in [0.2, 0.25) is 0 Å². The summed E-state index contributed by atoms with van der Waals surface area (Å²) < 4.78 is 93.6. The number of carbonyl (C=O) groups excluding carboxylic acids is 4. The molecule has 53 nitrogen and oxygen atoms in total. The van der Waals surface area contributed by atoms with E-state index in [-0.39, 0.29) is 0 Å². The molecule has 0 saturated carbocycles. The van der Waals surface area contributed by atoms with Crippen LogP contribution in [-0.2, 0) is 99.8 Å². The first-order valence-corrected chi connectivity index (χ1v) is 37.2. The van der Waals surface area contributed by atoms with Crippen LogP contribution < -0.4 is 21.3 Å². The Labute approximate surface area is 667 Å². The molecule has 53 heteroatoms. The number of ether oxygens (including phenoxy) is 16. The number of rotatable bonds is 36. The molecule has 8 aliphatic rings. The third-order valence-corrected chi connectivity index (χ3v) is 21.0. The normalized spacial score (nSPS) is 44.7. The molecular weight excluding hydrogens is 1620 g/mol. The second-order valence-corrected chi connectivity index (χ2v) is 29.4. The van der Waals surface area contributed by atoms with E-state index >= 15 is 0 Å². The molecule has 32 N–H and O–H groups in total. The maximum Gasteiger partial charge on any atom is 0.364 e. The summed E-state index contributed by atoms with van der Waals surface area (Å²) in [5, 5.41) is 318. The molecule has 4 amide bonds. The van der Waals surface area contributed by atoms with Crippen molar-refractivity contribution in [2.45, 2.75) is 310 Å². The lowest BCUT2D eigenvalue weighted by atomic mass is 9.88. The molecule has 0 aliphatic carbocycles. The third kappa shape index (κ3) is 22.3. The number of hydrogen-bond donors (Lipinski definition) is 32. The number of amides is 4. The van der Waals surface area contributed by atoms with Crippen molar-refractivity contribution in [3.8, 4) is 0 Å². The summed E-state index contributed by atoms with van der Waals surface area (Å²) in [7, 11) is 0. The highest BCUT2D eigenvalue weighted by molar-refractivity contribution is 5.77. The van der Waals surface area contributed by atoms with Gasteiger partial charge < -0.3 is 240 Å². The Hall–Kier alpha value is -4.37. The SMILES string of the molecule is CC(=O)N[C@H]1[C@H](O[C@@H]([C@H](O)[C@H](CO)NC(C)=O)[C@H](O)CO)O[C@H](CO)[C@@H](O[C@@H]2O[C@H](CO[C@H]3O[C@H](CO)[C@@H](O[C@H]4O[C@H](CO)[C@@H](O)[C@H](O)[C@@H]4O)[C@H](O)[C@@H]3O)[C@@H](O)[C@H](O[C@H]3O[C@H](CO)[C@@H](O)[C@H](O)[C@@H]3O[C@@H]3O[C@H](CO)[C@@H](O[C@@H]4O[C@H](CO)[C@H](O[C@]5(C(=O)O)C[C@H](O)[C@@H](NC(C)=O)[C@H]([C@H](O)[C@H](O)CO)O5)[C@H](O)[C@H]4O)[C@H](O)[C@H]3NC(C)=O)[C@@H]2O)[C@@H]1O. The van der Waals surface area contributed by atoms with Crippen LogP contribution in [0.1, 0.15) is 34.1 Å². The minimum absolute atomic E-state index is 0.817. The number of aliphatic hydroxyl groups excluding tert-OH is 27. The zero-order valence-corrected chi connectivity index (χ0v) is 63.3. The van der Waals surface area contributed by atoms with Crippen molar-refractivity contribution >= 4 is 29.6 Å². The van der Waals surface area contributed by atoms with Crippen LogP contribution >= 0.6 is 0 Å². The maximum absolute atomic E-state index is 13.1. The van der Waals surface area contributed by atoms with Gasteiger partial charge in [0.05, 0.1) is 84.3 Å². The average molecular weight is 1730 g/mol. The highest BCUT2D eigenvalue weighted by Crippen LogP contribution is 2.42. The second-order valence-electron chi connectivity index (χ2n) is 29.4. The number of carbonyl (C=O) groups is 5. The van der Waals surface area contributed by atoms with Gasteiger partial charge in [-0.25, -0.2) is 4.79 Å². The number of aliphatic carboxylic acids is 1. The lowest BCUT2D eigenvalue weighted by Gasteiger charge is -2.51. The van der Waals surface area contributed by atoms with Gasteiger partial charge in [-0.3, -0.25) is 19.2 Å². The number of nitrogens with one attached hydrogen (secondary N) is 4. The maximum atomic E-state index is 13.1. The summed E-state index contributed by atoms with van der Waals surface area (Å²) in [6.07, 6.45) is -88.8. The van der Waals surface area contributed by atoms with E-state index in [1.807, 2.05) is 0 Å². The molecule has 0 aromatic carbocycles. The van der Waals surface area contributed by atoms with E-state index in [0.717, 1.165) is 27.7 Å². The lowest BCUT2D eigenvalue weighted by molar-refractivity contribution is -0.399. The Bertz CT molecular complexity index is 3150. The van der Waals surface area contributed by atoms with Crippen molar-refractivity contribution < 1.29 is 243 Å². The van der Waals surface area contributed by atoms with Crippen molar-refractivity contribution in [1.82, 2.24) is 21.3 Å². The molecule has 8 rings (SSSR count). The molecule has 684 valence electrons. The topological polar surface area (TPSA) is 848 Å². The van der Waals surface area contributed by atoms with E-state index in [1.165, 1.54) is 0 Å². The molecule has 0 aromatic heterocycles. The fourth-order valence-electron chi connectivity index (χ4n) is 14.8. The van der Waals surface area contributed by atoms with E-state index in [2.05, 4.69) is 21.3 Å². The smallest absolute Gasteiger partial charge is 0.364 e. The van der Waals surface area contributed by atoms with Gasteiger partial charge in [0.25, 0.3) is 5.79 Å². The summed E-state index contributed by atoms with van der Waals surface area (Å²) in [5.41, 5.74) is 0. The van der Waals surface area contributed by atoms with E-state index in [9.17, 15) is 167 Å². The first kappa shape index (κ1) is 99.1. The predicted octanol–water partition coefficient (Wildman–Crippen LogP) is -21.2. The Kier molecular flexibility index (Phi) is 36.5. The molecule has 118 heavy (non-hydrogen) atoms. The van der Waals surface area contributed by atoms with E-state index in [0.29, 0.717) is 0 Å². The van der Waals surface area contributed by atoms with Crippen molar-refractivity contribution in [2.24, 2.45) is 0 Å². The molecule has 45 atom stereocenters. The molecule has 8 fully saturated rings. The molecule has 0 unspecified atom stereocenters. The number of hydrogen-bond acceptors (Lipinski definition) is 48. The monoisotopic (exact) mass is 1730 g/mol. The molecule has 0 radical (unpaired) electrons. The van der Waals surface area contributed by atoms with E-state index in [1.54, 1.807) is 0 Å². The number of carboxylic acids is 1. The van der Waals surface area contributed by atoms with Crippen LogP contribution in [0.15, 0.2) is 0 Å². The molecule has 0 aromatic rings. The van der Waals surface area contributed by atoms with Gasteiger partial charge in [0.1, 0.15) is 207 Å². The molecule has 8 aliphatic heterocycles. The highest BCUT2D eigenvalue weighted by Gasteiger charge is 2.63. The van der Waals surface area contributed by atoms with Crippen molar-refractivity contribution in [1.29, 1.82) is 0 Å². The highest BCUT2D eigenvalue weighted by atomic mass is 16.8. The molecular formula is C65H110N4O49. The third-order valence-electron chi connectivity index (χ3n) is 21.0. The van der Waals surface area contributed by atoms with Gasteiger partial charge >= 0.3 is 5.97 Å². The predicted molar refractivity (Wildman–Crippen MR) is 363 cm³/mol. The van der Waals surface area contributed by atoms with Crippen LogP contribution in [0.4, 0.5) is 0 Å². The van der Waals surface area contributed by atoms with Gasteiger partial charge in [0, 0.05) is 34.1 Å². The van der Waals surface area contributed by atoms with Crippen LogP contribution in [0.25, 0.3) is 0 Å². The average Bonchev–Trinajstić information content (AvgIpc) is 0.755. The Morgan fingerprint density at radius 3 is 1.26 bits per heavy atom.